The van der Waals surface area contributed by atoms with E-state index in [-0.39, 0.29) is 23.2 Å². The quantitative estimate of drug-likeness (QED) is 0.515. The van der Waals surface area contributed by atoms with Crippen molar-refractivity contribution in [2.45, 2.75) is 76.4 Å². The minimum Gasteiger partial charge on any atom is -0.394 e. The van der Waals surface area contributed by atoms with Crippen molar-refractivity contribution >= 4 is 15.7 Å². The Hall–Kier alpha value is -2.29. The zero-order valence-corrected chi connectivity index (χ0v) is 22.4. The molecule has 1 aromatic carbocycles. The summed E-state index contributed by atoms with van der Waals surface area (Å²) in [6, 6.07) is 8.61. The summed E-state index contributed by atoms with van der Waals surface area (Å²) in [4.78, 5) is 20.0. The number of hydrogen-bond acceptors (Lipinski definition) is 6. The molecule has 0 unspecified atom stereocenters. The van der Waals surface area contributed by atoms with Crippen LogP contribution in [-0.2, 0) is 16.4 Å². The Morgan fingerprint density at radius 1 is 1.17 bits per heavy atom. The third-order valence-corrected chi connectivity index (χ3v) is 9.66. The fraction of sp³-hybridized carbons (Fsp3) is 0.571. The van der Waals surface area contributed by atoms with Crippen molar-refractivity contribution in [2.75, 3.05) is 18.9 Å². The van der Waals surface area contributed by atoms with Gasteiger partial charge in [0, 0.05) is 30.9 Å². The minimum absolute atomic E-state index is 0.0112. The summed E-state index contributed by atoms with van der Waals surface area (Å²) in [6.45, 7) is 7.80. The predicted octanol–water partition coefficient (Wildman–Crippen LogP) is 4.43. The van der Waals surface area contributed by atoms with Gasteiger partial charge in [-0.1, -0.05) is 39.7 Å². The second kappa shape index (κ2) is 11.4. The lowest BCUT2D eigenvalue weighted by Crippen LogP contribution is -2.31. The number of benzene rings is 1. The lowest BCUT2D eigenvalue weighted by Gasteiger charge is -2.32. The molecule has 1 aliphatic carbocycles. The zero-order chi connectivity index (χ0) is 25.9. The summed E-state index contributed by atoms with van der Waals surface area (Å²) >= 11 is 0. The van der Waals surface area contributed by atoms with E-state index in [0.717, 1.165) is 31.3 Å². The van der Waals surface area contributed by atoms with Gasteiger partial charge in [0.1, 0.15) is 0 Å². The standard InChI is InChI=1S/C28H39N3O4S/c1-4-27-24-12-10-21(14-22(24)17-31(27)16-20-8-6-19(3)7-9-20)28(33)30-26(18-32)25-13-11-23(15-29-25)36(34,35)5-2/h10-15,19-20,26-27,32H,4-9,16-18H2,1-3H3,(H,30,33)/t19-,20-,26-,27-/m0/s1. The van der Waals surface area contributed by atoms with Crippen LogP contribution in [0.4, 0.5) is 0 Å². The molecular formula is C28H39N3O4S. The lowest BCUT2D eigenvalue weighted by atomic mass is 9.82. The maximum Gasteiger partial charge on any atom is 0.251 e. The average Bonchev–Trinajstić information content (AvgIpc) is 3.24. The second-order valence-corrected chi connectivity index (χ2v) is 12.7. The zero-order valence-electron chi connectivity index (χ0n) is 21.6. The Kier molecular flexibility index (Phi) is 8.48. The first kappa shape index (κ1) is 26.8. The van der Waals surface area contributed by atoms with Crippen molar-refractivity contribution in [2.24, 2.45) is 11.8 Å². The number of aliphatic hydroxyl groups excluding tert-OH is 1. The number of rotatable bonds is 9. The molecule has 196 valence electrons. The summed E-state index contributed by atoms with van der Waals surface area (Å²) in [5.41, 5.74) is 3.49. The highest BCUT2D eigenvalue weighted by Gasteiger charge is 2.32. The van der Waals surface area contributed by atoms with Crippen molar-refractivity contribution in [1.82, 2.24) is 15.2 Å². The van der Waals surface area contributed by atoms with Crippen molar-refractivity contribution in [3.05, 3.63) is 58.9 Å². The molecule has 7 nitrogen and oxygen atoms in total. The number of pyridine rings is 1. The Morgan fingerprint density at radius 2 is 1.92 bits per heavy atom. The molecule has 36 heavy (non-hydrogen) atoms. The van der Waals surface area contributed by atoms with Crippen LogP contribution < -0.4 is 5.32 Å². The number of carbonyl (C=O) groups is 1. The molecule has 4 rings (SSSR count). The Labute approximate surface area is 215 Å². The average molecular weight is 514 g/mol. The lowest BCUT2D eigenvalue weighted by molar-refractivity contribution is 0.0914. The number of aromatic nitrogens is 1. The van der Waals surface area contributed by atoms with Crippen LogP contribution >= 0.6 is 0 Å². The number of nitrogens with one attached hydrogen (secondary N) is 1. The Balaban J connectivity index is 1.44. The van der Waals surface area contributed by atoms with Gasteiger partial charge < -0.3 is 10.4 Å². The maximum absolute atomic E-state index is 13.1. The molecule has 2 aromatic rings. The highest BCUT2D eigenvalue weighted by Crippen LogP contribution is 2.39. The van der Waals surface area contributed by atoms with Crippen molar-refractivity contribution in [3.8, 4) is 0 Å². The Bertz CT molecular complexity index is 1160. The van der Waals surface area contributed by atoms with E-state index in [2.05, 4.69) is 35.1 Å². The predicted molar refractivity (Wildman–Crippen MR) is 140 cm³/mol. The molecule has 2 atom stereocenters. The van der Waals surface area contributed by atoms with E-state index in [1.165, 1.54) is 49.1 Å². The minimum atomic E-state index is -3.36. The molecule has 1 saturated carbocycles. The van der Waals surface area contributed by atoms with E-state index >= 15 is 0 Å². The van der Waals surface area contributed by atoms with E-state index in [1.54, 1.807) is 13.0 Å². The molecule has 1 aliphatic heterocycles. The van der Waals surface area contributed by atoms with E-state index in [1.807, 2.05) is 12.1 Å². The molecule has 2 aliphatic rings. The first-order chi connectivity index (χ1) is 17.2. The van der Waals surface area contributed by atoms with E-state index < -0.39 is 15.9 Å². The normalized spacial score (nSPS) is 23.3. The molecule has 2 N–H and O–H groups in total. The number of fused-ring (bicyclic) bond motifs is 1. The van der Waals surface area contributed by atoms with Gasteiger partial charge in [0.2, 0.25) is 0 Å². The van der Waals surface area contributed by atoms with Gasteiger partial charge in [0.25, 0.3) is 5.91 Å². The summed E-state index contributed by atoms with van der Waals surface area (Å²) in [6.07, 6.45) is 7.59. The molecule has 0 spiro atoms. The molecule has 8 heteroatoms. The highest BCUT2D eigenvalue weighted by molar-refractivity contribution is 7.91. The van der Waals surface area contributed by atoms with Crippen molar-refractivity contribution in [1.29, 1.82) is 0 Å². The van der Waals surface area contributed by atoms with Gasteiger partial charge in [0.05, 0.1) is 29.0 Å². The van der Waals surface area contributed by atoms with Crippen LogP contribution in [0.3, 0.4) is 0 Å². The van der Waals surface area contributed by atoms with E-state index in [4.69, 9.17) is 0 Å². The van der Waals surface area contributed by atoms with E-state index in [0.29, 0.717) is 17.3 Å². The third kappa shape index (κ3) is 5.82. The largest absolute Gasteiger partial charge is 0.394 e. The topological polar surface area (TPSA) is 99.6 Å². The maximum atomic E-state index is 13.1. The van der Waals surface area contributed by atoms with Gasteiger partial charge in [-0.15, -0.1) is 0 Å². The third-order valence-electron chi connectivity index (χ3n) is 7.94. The molecule has 1 fully saturated rings. The van der Waals surface area contributed by atoms with Crippen LogP contribution in [0.1, 0.15) is 92.1 Å². The monoisotopic (exact) mass is 513 g/mol. The van der Waals surface area contributed by atoms with Gasteiger partial charge in [-0.2, -0.15) is 0 Å². The number of amides is 1. The number of hydrogen-bond donors (Lipinski definition) is 2. The summed E-state index contributed by atoms with van der Waals surface area (Å²) < 4.78 is 24.1. The fourth-order valence-electron chi connectivity index (χ4n) is 5.65. The van der Waals surface area contributed by atoms with Crippen LogP contribution in [0.15, 0.2) is 41.4 Å². The second-order valence-electron chi connectivity index (χ2n) is 10.4. The molecule has 0 saturated heterocycles. The van der Waals surface area contributed by atoms with Crippen LogP contribution in [0.2, 0.25) is 0 Å². The van der Waals surface area contributed by atoms with E-state index in [9.17, 15) is 18.3 Å². The van der Waals surface area contributed by atoms with Gasteiger partial charge in [-0.05, 0) is 66.5 Å². The molecule has 1 aromatic heterocycles. The summed E-state index contributed by atoms with van der Waals surface area (Å²) in [5, 5.41) is 12.8. The van der Waals surface area contributed by atoms with Crippen molar-refractivity contribution in [3.63, 3.8) is 0 Å². The van der Waals surface area contributed by atoms with Gasteiger partial charge in [-0.25, -0.2) is 8.42 Å². The molecule has 0 bridgehead atoms. The van der Waals surface area contributed by atoms with Gasteiger partial charge >= 0.3 is 0 Å². The Morgan fingerprint density at radius 3 is 2.53 bits per heavy atom. The first-order valence-electron chi connectivity index (χ1n) is 13.2. The van der Waals surface area contributed by atoms with Gasteiger partial charge in [-0.3, -0.25) is 14.7 Å². The van der Waals surface area contributed by atoms with Crippen LogP contribution in [0.5, 0.6) is 0 Å². The first-order valence-corrected chi connectivity index (χ1v) is 14.9. The fourth-order valence-corrected chi connectivity index (χ4v) is 6.47. The highest BCUT2D eigenvalue weighted by atomic mass is 32.2. The summed E-state index contributed by atoms with van der Waals surface area (Å²) in [7, 11) is -3.36. The molecule has 0 radical (unpaired) electrons. The number of carbonyl (C=O) groups excluding carboxylic acids is 1. The number of aliphatic hydroxyl groups is 1. The van der Waals surface area contributed by atoms with Crippen LogP contribution in [-0.4, -0.2) is 48.2 Å². The summed E-state index contributed by atoms with van der Waals surface area (Å²) in [5.74, 6) is 1.31. The van der Waals surface area contributed by atoms with Gasteiger partial charge in [0.15, 0.2) is 9.84 Å². The molecule has 1 amide bonds. The smallest absolute Gasteiger partial charge is 0.251 e. The molecular weight excluding hydrogens is 474 g/mol. The van der Waals surface area contributed by atoms with Crippen LogP contribution in [0.25, 0.3) is 0 Å². The molecule has 2 heterocycles. The van der Waals surface area contributed by atoms with Crippen molar-refractivity contribution < 1.29 is 18.3 Å². The number of nitrogens with zero attached hydrogens (tertiary/aromatic N) is 2. The van der Waals surface area contributed by atoms with Crippen LogP contribution in [0, 0.1) is 11.8 Å². The SMILES string of the molecule is CC[C@H]1c2ccc(C(=O)N[C@@H](CO)c3ccc(S(=O)(=O)CC)cn3)cc2CN1C[C@H]1CC[C@H](C)CC1. The number of sulfone groups is 1.